The molecule has 1 saturated heterocycles. The lowest BCUT2D eigenvalue weighted by Gasteiger charge is -2.34. The van der Waals surface area contributed by atoms with Gasteiger partial charge in [-0.25, -0.2) is 4.79 Å². The second kappa shape index (κ2) is 3.76. The topological polar surface area (TPSA) is 41.6 Å². The van der Waals surface area contributed by atoms with Gasteiger partial charge in [0, 0.05) is 25.2 Å². The van der Waals surface area contributed by atoms with Crippen LogP contribution in [0, 0.1) is 0 Å². The van der Waals surface area contributed by atoms with Gasteiger partial charge < -0.3 is 15.0 Å². The molecule has 12 heavy (non-hydrogen) atoms. The second-order valence-electron chi connectivity index (χ2n) is 3.34. The zero-order valence-electron chi connectivity index (χ0n) is 7.83. The minimum atomic E-state index is -0.227. The first-order chi connectivity index (χ1) is 5.63. The summed E-state index contributed by atoms with van der Waals surface area (Å²) >= 11 is 0. The molecular weight excluding hydrogens is 156 g/mol. The van der Waals surface area contributed by atoms with E-state index in [1.165, 1.54) is 7.11 Å². The van der Waals surface area contributed by atoms with Crippen LogP contribution in [-0.4, -0.2) is 43.3 Å². The summed E-state index contributed by atoms with van der Waals surface area (Å²) in [5.74, 6) is 0. The fraction of sp³-hybridized carbons (Fsp3) is 0.875. The molecule has 0 bridgehead atoms. The number of methoxy groups -OCH3 is 1. The highest BCUT2D eigenvalue weighted by Gasteiger charge is 2.24. The van der Waals surface area contributed by atoms with Crippen molar-refractivity contribution in [2.45, 2.75) is 25.9 Å². The Bertz CT molecular complexity index is 162. The summed E-state index contributed by atoms with van der Waals surface area (Å²) in [5.41, 5.74) is 0. The number of ether oxygens (including phenoxy) is 1. The van der Waals surface area contributed by atoms with Gasteiger partial charge in [-0.2, -0.15) is 0 Å². The number of rotatable bonds is 0. The smallest absolute Gasteiger partial charge is 0.409 e. The van der Waals surface area contributed by atoms with E-state index in [4.69, 9.17) is 0 Å². The summed E-state index contributed by atoms with van der Waals surface area (Å²) in [7, 11) is 1.42. The molecule has 4 nitrogen and oxygen atoms in total. The van der Waals surface area contributed by atoms with Crippen molar-refractivity contribution in [3.05, 3.63) is 0 Å². The van der Waals surface area contributed by atoms with Crippen LogP contribution >= 0.6 is 0 Å². The summed E-state index contributed by atoms with van der Waals surface area (Å²) in [5, 5.41) is 3.34. The van der Waals surface area contributed by atoms with Crippen LogP contribution < -0.4 is 5.32 Å². The number of piperazine rings is 1. The number of carbonyl (C=O) groups excluding carboxylic acids is 1. The Morgan fingerprint density at radius 3 is 2.33 bits per heavy atom. The van der Waals surface area contributed by atoms with E-state index >= 15 is 0 Å². The molecule has 0 aromatic heterocycles. The SMILES string of the molecule is COC(=O)N1CC(C)NC(C)C1. The van der Waals surface area contributed by atoms with Crippen molar-refractivity contribution in [3.63, 3.8) is 0 Å². The lowest BCUT2D eigenvalue weighted by molar-refractivity contribution is 0.102. The molecule has 1 amide bonds. The van der Waals surface area contributed by atoms with E-state index < -0.39 is 0 Å². The third-order valence-electron chi connectivity index (χ3n) is 1.99. The molecule has 0 aliphatic carbocycles. The summed E-state index contributed by atoms with van der Waals surface area (Å²) in [4.78, 5) is 12.9. The van der Waals surface area contributed by atoms with Crippen molar-refractivity contribution in [1.82, 2.24) is 10.2 Å². The van der Waals surface area contributed by atoms with E-state index in [9.17, 15) is 4.79 Å². The van der Waals surface area contributed by atoms with Crippen molar-refractivity contribution >= 4 is 6.09 Å². The van der Waals surface area contributed by atoms with Crippen molar-refractivity contribution in [1.29, 1.82) is 0 Å². The summed E-state index contributed by atoms with van der Waals surface area (Å²) in [6.45, 7) is 5.59. The molecule has 0 aromatic rings. The first kappa shape index (κ1) is 9.32. The largest absolute Gasteiger partial charge is 0.453 e. The average molecular weight is 172 g/mol. The van der Waals surface area contributed by atoms with E-state index in [0.717, 1.165) is 13.1 Å². The van der Waals surface area contributed by atoms with Gasteiger partial charge in [-0.3, -0.25) is 0 Å². The second-order valence-corrected chi connectivity index (χ2v) is 3.34. The fourth-order valence-corrected chi connectivity index (χ4v) is 1.60. The summed E-state index contributed by atoms with van der Waals surface area (Å²) < 4.78 is 4.65. The highest BCUT2D eigenvalue weighted by molar-refractivity contribution is 5.67. The van der Waals surface area contributed by atoms with Crippen LogP contribution in [0.3, 0.4) is 0 Å². The van der Waals surface area contributed by atoms with Crippen LogP contribution in [0.5, 0.6) is 0 Å². The van der Waals surface area contributed by atoms with Gasteiger partial charge in [-0.1, -0.05) is 0 Å². The molecule has 1 aliphatic heterocycles. The van der Waals surface area contributed by atoms with Gasteiger partial charge in [0.2, 0.25) is 0 Å². The zero-order chi connectivity index (χ0) is 9.14. The Morgan fingerprint density at radius 2 is 1.92 bits per heavy atom. The highest BCUT2D eigenvalue weighted by atomic mass is 16.5. The van der Waals surface area contributed by atoms with Gasteiger partial charge in [0.15, 0.2) is 0 Å². The Morgan fingerprint density at radius 1 is 1.42 bits per heavy atom. The van der Waals surface area contributed by atoms with Crippen molar-refractivity contribution < 1.29 is 9.53 Å². The predicted octanol–water partition coefficient (Wildman–Crippen LogP) is 0.435. The fourth-order valence-electron chi connectivity index (χ4n) is 1.60. The van der Waals surface area contributed by atoms with E-state index in [0.29, 0.717) is 12.1 Å². The molecule has 0 spiro atoms. The normalized spacial score (nSPS) is 30.1. The number of nitrogens with one attached hydrogen (secondary N) is 1. The zero-order valence-corrected chi connectivity index (χ0v) is 7.83. The van der Waals surface area contributed by atoms with Crippen molar-refractivity contribution in [2.24, 2.45) is 0 Å². The molecule has 0 radical (unpaired) electrons. The van der Waals surface area contributed by atoms with Gasteiger partial charge in [0.1, 0.15) is 0 Å². The molecule has 1 heterocycles. The molecule has 70 valence electrons. The minimum absolute atomic E-state index is 0.227. The Balaban J connectivity index is 2.49. The molecule has 2 unspecified atom stereocenters. The van der Waals surface area contributed by atoms with Crippen molar-refractivity contribution in [3.8, 4) is 0 Å². The van der Waals surface area contributed by atoms with Gasteiger partial charge >= 0.3 is 6.09 Å². The lowest BCUT2D eigenvalue weighted by Crippen LogP contribution is -2.55. The van der Waals surface area contributed by atoms with Gasteiger partial charge in [-0.05, 0) is 13.8 Å². The molecular formula is C8H16N2O2. The monoisotopic (exact) mass is 172 g/mol. The first-order valence-corrected chi connectivity index (χ1v) is 4.22. The van der Waals surface area contributed by atoms with Crippen LogP contribution in [0.25, 0.3) is 0 Å². The van der Waals surface area contributed by atoms with Gasteiger partial charge in [-0.15, -0.1) is 0 Å². The number of hydrogen-bond donors (Lipinski definition) is 1. The third-order valence-corrected chi connectivity index (χ3v) is 1.99. The standard InChI is InChI=1S/C8H16N2O2/c1-6-4-10(8(11)12-3)5-7(2)9-6/h6-7,9H,4-5H2,1-3H3. The molecule has 0 saturated carbocycles. The quantitative estimate of drug-likeness (QED) is 0.576. The molecule has 2 atom stereocenters. The van der Waals surface area contributed by atoms with Crippen LogP contribution in [0.1, 0.15) is 13.8 Å². The molecule has 1 rings (SSSR count). The number of amides is 1. The minimum Gasteiger partial charge on any atom is -0.453 e. The van der Waals surface area contributed by atoms with Crippen LogP contribution in [0.2, 0.25) is 0 Å². The number of carbonyl (C=O) groups is 1. The van der Waals surface area contributed by atoms with Crippen LogP contribution in [-0.2, 0) is 4.74 Å². The Hall–Kier alpha value is -0.770. The summed E-state index contributed by atoms with van der Waals surface area (Å²) in [6.07, 6.45) is -0.227. The molecule has 1 aliphatic rings. The number of hydrogen-bond acceptors (Lipinski definition) is 3. The highest BCUT2D eigenvalue weighted by Crippen LogP contribution is 2.04. The maximum atomic E-state index is 11.1. The third kappa shape index (κ3) is 2.11. The first-order valence-electron chi connectivity index (χ1n) is 4.22. The molecule has 0 aromatic carbocycles. The van der Waals surface area contributed by atoms with E-state index in [2.05, 4.69) is 23.9 Å². The van der Waals surface area contributed by atoms with Gasteiger partial charge in [0.25, 0.3) is 0 Å². The van der Waals surface area contributed by atoms with Gasteiger partial charge in [0.05, 0.1) is 7.11 Å². The summed E-state index contributed by atoms with van der Waals surface area (Å²) in [6, 6.07) is 0.709. The van der Waals surface area contributed by atoms with Crippen molar-refractivity contribution in [2.75, 3.05) is 20.2 Å². The van der Waals surface area contributed by atoms with Crippen LogP contribution in [0.4, 0.5) is 4.79 Å². The lowest BCUT2D eigenvalue weighted by atomic mass is 10.2. The average Bonchev–Trinajstić information content (AvgIpc) is 2.01. The van der Waals surface area contributed by atoms with E-state index in [1.807, 2.05) is 0 Å². The maximum Gasteiger partial charge on any atom is 0.409 e. The molecule has 1 fully saturated rings. The number of nitrogens with zero attached hydrogens (tertiary/aromatic N) is 1. The Labute approximate surface area is 72.9 Å². The van der Waals surface area contributed by atoms with E-state index in [-0.39, 0.29) is 6.09 Å². The van der Waals surface area contributed by atoms with E-state index in [1.54, 1.807) is 4.90 Å². The Kier molecular flexibility index (Phi) is 2.92. The molecule has 1 N–H and O–H groups in total. The molecule has 4 heteroatoms. The maximum absolute atomic E-state index is 11.1. The predicted molar refractivity (Wildman–Crippen MR) is 46.0 cm³/mol. The van der Waals surface area contributed by atoms with Crippen LogP contribution in [0.15, 0.2) is 0 Å².